The highest BCUT2D eigenvalue weighted by atomic mass is 16.5. The van der Waals surface area contributed by atoms with E-state index in [-0.39, 0.29) is 0 Å². The van der Waals surface area contributed by atoms with Gasteiger partial charge in [-0.05, 0) is 18.2 Å². The van der Waals surface area contributed by atoms with Crippen LogP contribution in [0.25, 0.3) is 0 Å². The Hall–Kier alpha value is -1.94. The minimum Gasteiger partial charge on any atom is -0.497 e. The third-order valence-electron chi connectivity index (χ3n) is 3.17. The van der Waals surface area contributed by atoms with Gasteiger partial charge in [0.25, 0.3) is 0 Å². The summed E-state index contributed by atoms with van der Waals surface area (Å²) < 4.78 is 16.2. The van der Waals surface area contributed by atoms with Gasteiger partial charge in [-0.15, -0.1) is 0 Å². The minimum atomic E-state index is 0.704. The van der Waals surface area contributed by atoms with Crippen molar-refractivity contribution in [3.8, 4) is 11.5 Å². The summed E-state index contributed by atoms with van der Waals surface area (Å²) in [6.07, 6.45) is 0.923. The Morgan fingerprint density at radius 3 is 2.45 bits per heavy atom. The van der Waals surface area contributed by atoms with Crippen molar-refractivity contribution in [2.24, 2.45) is 0 Å². The van der Waals surface area contributed by atoms with Gasteiger partial charge in [0.2, 0.25) is 0 Å². The van der Waals surface area contributed by atoms with E-state index in [1.165, 1.54) is 0 Å². The molecule has 0 spiro atoms. The van der Waals surface area contributed by atoms with Crippen molar-refractivity contribution in [1.29, 1.82) is 0 Å². The van der Waals surface area contributed by atoms with Crippen LogP contribution in [0.4, 0.5) is 0 Å². The third-order valence-corrected chi connectivity index (χ3v) is 3.17. The molecule has 1 aromatic carbocycles. The Kier molecular flexibility index (Phi) is 5.07. The molecule has 20 heavy (non-hydrogen) atoms. The second-order valence-electron chi connectivity index (χ2n) is 4.50. The number of ether oxygens (including phenoxy) is 2. The largest absolute Gasteiger partial charge is 0.497 e. The number of methoxy groups -OCH3 is 2. The van der Waals surface area contributed by atoms with Gasteiger partial charge < -0.3 is 19.2 Å². The molecule has 2 aromatic rings. The number of hydrogen-bond donors (Lipinski definition) is 1. The first-order valence-electron chi connectivity index (χ1n) is 6.76. The summed E-state index contributed by atoms with van der Waals surface area (Å²) in [6, 6.07) is 9.85. The Morgan fingerprint density at radius 2 is 1.80 bits per heavy atom. The van der Waals surface area contributed by atoms with Crippen molar-refractivity contribution >= 4 is 0 Å². The van der Waals surface area contributed by atoms with E-state index in [0.29, 0.717) is 6.54 Å². The predicted octanol–water partition coefficient (Wildman–Crippen LogP) is 3.15. The van der Waals surface area contributed by atoms with E-state index in [2.05, 4.69) is 12.2 Å². The van der Waals surface area contributed by atoms with Crippen LogP contribution >= 0.6 is 0 Å². The van der Waals surface area contributed by atoms with Gasteiger partial charge in [0, 0.05) is 24.6 Å². The molecule has 1 N–H and O–H groups in total. The fraction of sp³-hybridized carbons (Fsp3) is 0.375. The maximum Gasteiger partial charge on any atom is 0.127 e. The lowest BCUT2D eigenvalue weighted by Gasteiger charge is -2.10. The fourth-order valence-electron chi connectivity index (χ4n) is 2.03. The molecule has 0 radical (unpaired) electrons. The summed E-state index contributed by atoms with van der Waals surface area (Å²) in [4.78, 5) is 0. The monoisotopic (exact) mass is 275 g/mol. The van der Waals surface area contributed by atoms with E-state index in [1.807, 2.05) is 30.3 Å². The van der Waals surface area contributed by atoms with Crippen LogP contribution in [0, 0.1) is 0 Å². The first-order chi connectivity index (χ1) is 9.76. The van der Waals surface area contributed by atoms with Crippen molar-refractivity contribution in [2.75, 3.05) is 14.2 Å². The van der Waals surface area contributed by atoms with Crippen molar-refractivity contribution in [1.82, 2.24) is 5.32 Å². The molecule has 0 saturated carbocycles. The van der Waals surface area contributed by atoms with Crippen LogP contribution in [0.5, 0.6) is 11.5 Å². The zero-order valence-electron chi connectivity index (χ0n) is 12.2. The molecule has 0 atom stereocenters. The smallest absolute Gasteiger partial charge is 0.127 e. The maximum atomic E-state index is 5.65. The van der Waals surface area contributed by atoms with E-state index >= 15 is 0 Å². The molecule has 4 heteroatoms. The molecule has 0 aliphatic heterocycles. The average molecular weight is 275 g/mol. The summed E-state index contributed by atoms with van der Waals surface area (Å²) in [5.74, 6) is 3.59. The minimum absolute atomic E-state index is 0.704. The molecule has 0 amide bonds. The van der Waals surface area contributed by atoms with Gasteiger partial charge in [0.05, 0.1) is 20.8 Å². The van der Waals surface area contributed by atoms with Gasteiger partial charge in [-0.3, -0.25) is 0 Å². The first kappa shape index (κ1) is 14.5. The molecule has 0 saturated heterocycles. The average Bonchev–Trinajstić information content (AvgIpc) is 2.95. The van der Waals surface area contributed by atoms with E-state index < -0.39 is 0 Å². The Bertz CT molecular complexity index is 548. The van der Waals surface area contributed by atoms with Crippen LogP contribution in [0.2, 0.25) is 0 Å². The summed E-state index contributed by atoms with van der Waals surface area (Å²) in [5.41, 5.74) is 1.09. The molecule has 0 unspecified atom stereocenters. The van der Waals surface area contributed by atoms with Gasteiger partial charge in [-0.2, -0.15) is 0 Å². The zero-order valence-corrected chi connectivity index (χ0v) is 12.2. The summed E-state index contributed by atoms with van der Waals surface area (Å²) in [7, 11) is 3.31. The van der Waals surface area contributed by atoms with E-state index in [1.54, 1.807) is 14.2 Å². The van der Waals surface area contributed by atoms with Gasteiger partial charge in [-0.1, -0.05) is 13.0 Å². The topological polar surface area (TPSA) is 43.6 Å². The molecule has 4 nitrogen and oxygen atoms in total. The highest BCUT2D eigenvalue weighted by Crippen LogP contribution is 2.24. The highest BCUT2D eigenvalue weighted by Gasteiger charge is 2.05. The Balaban J connectivity index is 1.93. The first-order valence-corrected chi connectivity index (χ1v) is 6.76. The number of aryl methyl sites for hydroxylation is 1. The van der Waals surface area contributed by atoms with Crippen molar-refractivity contribution in [3.05, 3.63) is 47.4 Å². The van der Waals surface area contributed by atoms with Gasteiger partial charge in [0.15, 0.2) is 0 Å². The second-order valence-corrected chi connectivity index (χ2v) is 4.50. The van der Waals surface area contributed by atoms with E-state index in [0.717, 1.165) is 41.5 Å². The summed E-state index contributed by atoms with van der Waals surface area (Å²) >= 11 is 0. The number of furan rings is 1. The van der Waals surface area contributed by atoms with Crippen LogP contribution in [0.1, 0.15) is 24.0 Å². The predicted molar refractivity (Wildman–Crippen MR) is 78.2 cm³/mol. The van der Waals surface area contributed by atoms with Crippen LogP contribution in [-0.2, 0) is 19.5 Å². The van der Waals surface area contributed by atoms with Crippen LogP contribution in [0.3, 0.4) is 0 Å². The second kappa shape index (κ2) is 7.01. The van der Waals surface area contributed by atoms with E-state index in [9.17, 15) is 0 Å². The molecule has 0 aliphatic carbocycles. The van der Waals surface area contributed by atoms with E-state index in [4.69, 9.17) is 13.9 Å². The molecule has 0 fully saturated rings. The lowest BCUT2D eigenvalue weighted by atomic mass is 10.2. The van der Waals surface area contributed by atoms with Gasteiger partial charge >= 0.3 is 0 Å². The fourth-order valence-corrected chi connectivity index (χ4v) is 2.03. The maximum absolute atomic E-state index is 5.65. The molecular formula is C16H21NO3. The lowest BCUT2D eigenvalue weighted by Crippen LogP contribution is -2.13. The van der Waals surface area contributed by atoms with Crippen molar-refractivity contribution in [2.45, 2.75) is 26.4 Å². The molecule has 2 rings (SSSR count). The number of hydrogen-bond acceptors (Lipinski definition) is 4. The Morgan fingerprint density at radius 1 is 1.00 bits per heavy atom. The van der Waals surface area contributed by atoms with Crippen LogP contribution in [-0.4, -0.2) is 14.2 Å². The number of benzene rings is 1. The molecule has 108 valence electrons. The lowest BCUT2D eigenvalue weighted by molar-refractivity contribution is 0.388. The molecule has 1 heterocycles. The number of nitrogens with one attached hydrogen (secondary N) is 1. The molecule has 1 aromatic heterocycles. The van der Waals surface area contributed by atoms with Crippen LogP contribution < -0.4 is 14.8 Å². The molecule has 0 bridgehead atoms. The Labute approximate surface area is 119 Å². The summed E-state index contributed by atoms with van der Waals surface area (Å²) in [6.45, 7) is 3.50. The third kappa shape index (κ3) is 3.54. The SMILES string of the molecule is CCc1ccc(CNCc2ccc(OC)cc2OC)o1. The van der Waals surface area contributed by atoms with Gasteiger partial charge in [0.1, 0.15) is 23.0 Å². The summed E-state index contributed by atoms with van der Waals surface area (Å²) in [5, 5.41) is 3.35. The van der Waals surface area contributed by atoms with Crippen molar-refractivity contribution < 1.29 is 13.9 Å². The van der Waals surface area contributed by atoms with Crippen LogP contribution in [0.15, 0.2) is 34.7 Å². The zero-order chi connectivity index (χ0) is 14.4. The quantitative estimate of drug-likeness (QED) is 0.843. The number of rotatable bonds is 7. The van der Waals surface area contributed by atoms with Crippen molar-refractivity contribution in [3.63, 3.8) is 0 Å². The van der Waals surface area contributed by atoms with Gasteiger partial charge in [-0.25, -0.2) is 0 Å². The molecular weight excluding hydrogens is 254 g/mol. The highest BCUT2D eigenvalue weighted by molar-refractivity contribution is 5.40. The standard InChI is InChI=1S/C16H21NO3/c1-4-13-7-8-15(20-13)11-17-10-12-5-6-14(18-2)9-16(12)19-3/h5-9,17H,4,10-11H2,1-3H3. The normalized spacial score (nSPS) is 10.6. The molecule has 0 aliphatic rings.